The first-order valence-corrected chi connectivity index (χ1v) is 2.76. The van der Waals surface area contributed by atoms with Gasteiger partial charge in [0.15, 0.2) is 6.10 Å². The van der Waals surface area contributed by atoms with E-state index < -0.39 is 12.1 Å². The van der Waals surface area contributed by atoms with Crippen molar-refractivity contribution in [3.63, 3.8) is 0 Å². The van der Waals surface area contributed by atoms with Crippen molar-refractivity contribution in [3.8, 4) is 0 Å². The number of hydrogen-bond donors (Lipinski definition) is 3. The minimum Gasteiger partial charge on any atom is -0.479 e. The summed E-state index contributed by atoms with van der Waals surface area (Å²) in [6.07, 6.45) is -0.893. The lowest BCUT2D eigenvalue weighted by molar-refractivity contribution is -0.146. The summed E-state index contributed by atoms with van der Waals surface area (Å²) in [5.41, 5.74) is 0. The summed E-state index contributed by atoms with van der Waals surface area (Å²) in [5.74, 6) is -1.27. The molecule has 0 rings (SSSR count). The largest absolute Gasteiger partial charge is 0.479 e. The quantitative estimate of drug-likeness (QED) is 0.328. The van der Waals surface area contributed by atoms with Gasteiger partial charge in [-0.25, -0.2) is 4.79 Å². The first-order valence-electron chi connectivity index (χ1n) is 2.76. The lowest BCUT2D eigenvalue weighted by atomic mass is 10.2. The molecular weight excluding hydrogens is 138 g/mol. The molecule has 0 radical (unpaired) electrons. The summed E-state index contributed by atoms with van der Waals surface area (Å²) >= 11 is 0. The van der Waals surface area contributed by atoms with Gasteiger partial charge >= 0.3 is 5.97 Å². The van der Waals surface area contributed by atoms with E-state index in [9.17, 15) is 9.59 Å². The molecule has 5 heteroatoms. The van der Waals surface area contributed by atoms with Gasteiger partial charge < -0.3 is 15.5 Å². The van der Waals surface area contributed by atoms with Gasteiger partial charge in [-0.2, -0.15) is 0 Å². The number of amides is 1. The lowest BCUT2D eigenvalue weighted by Crippen LogP contribution is -2.25. The Bertz CT molecular complexity index is 125. The molecular formula is C5H9NO4. The van der Waals surface area contributed by atoms with Crippen LogP contribution in [0.2, 0.25) is 0 Å². The summed E-state index contributed by atoms with van der Waals surface area (Å²) in [5, 5.41) is 18.9. The van der Waals surface area contributed by atoms with Crippen LogP contribution in [0.5, 0.6) is 0 Å². The van der Waals surface area contributed by atoms with Gasteiger partial charge in [-0.15, -0.1) is 0 Å². The number of carbonyl (C=O) groups excluding carboxylic acids is 1. The molecule has 0 spiro atoms. The van der Waals surface area contributed by atoms with Crippen molar-refractivity contribution in [3.05, 3.63) is 0 Å². The van der Waals surface area contributed by atoms with E-state index in [1.54, 1.807) is 0 Å². The van der Waals surface area contributed by atoms with Gasteiger partial charge in [-0.1, -0.05) is 0 Å². The Kier molecular flexibility index (Phi) is 4.23. The highest BCUT2D eigenvalue weighted by Crippen LogP contribution is 1.87. The van der Waals surface area contributed by atoms with E-state index >= 15 is 0 Å². The van der Waals surface area contributed by atoms with Gasteiger partial charge in [0.2, 0.25) is 6.41 Å². The minimum atomic E-state index is -1.38. The monoisotopic (exact) mass is 147 g/mol. The maximum absolute atomic E-state index is 9.93. The molecule has 0 aromatic rings. The average Bonchev–Trinajstić information content (AvgIpc) is 1.88. The average molecular weight is 147 g/mol. The zero-order chi connectivity index (χ0) is 7.98. The maximum atomic E-state index is 9.93. The van der Waals surface area contributed by atoms with E-state index in [2.05, 4.69) is 5.32 Å². The molecule has 0 bridgehead atoms. The summed E-state index contributed by atoms with van der Waals surface area (Å²) in [6.45, 7) is 0.178. The fraction of sp³-hybridized carbons (Fsp3) is 0.600. The first-order chi connectivity index (χ1) is 4.68. The molecule has 58 valence electrons. The van der Waals surface area contributed by atoms with Crippen molar-refractivity contribution in [2.24, 2.45) is 0 Å². The topological polar surface area (TPSA) is 86.6 Å². The third-order valence-corrected chi connectivity index (χ3v) is 0.931. The third kappa shape index (κ3) is 3.85. The van der Waals surface area contributed by atoms with Gasteiger partial charge in [0.25, 0.3) is 0 Å². The Morgan fingerprint density at radius 3 is 2.70 bits per heavy atom. The van der Waals surface area contributed by atoms with E-state index in [1.807, 2.05) is 0 Å². The van der Waals surface area contributed by atoms with Gasteiger partial charge in [0, 0.05) is 13.0 Å². The van der Waals surface area contributed by atoms with Crippen LogP contribution in [0.4, 0.5) is 0 Å². The standard InChI is InChI=1S/C5H9NO4/c7-3-6-2-1-4(8)5(9)10/h3-4,8H,1-2H2,(H,6,7)(H,9,10)/t4-/m0/s1. The molecule has 0 saturated heterocycles. The second-order valence-electron chi connectivity index (χ2n) is 1.71. The zero-order valence-corrected chi connectivity index (χ0v) is 5.28. The second-order valence-corrected chi connectivity index (χ2v) is 1.71. The number of carboxylic acid groups (broad SMARTS) is 1. The van der Waals surface area contributed by atoms with Crippen LogP contribution in [0.3, 0.4) is 0 Å². The number of aliphatic hydroxyl groups is 1. The molecule has 10 heavy (non-hydrogen) atoms. The third-order valence-electron chi connectivity index (χ3n) is 0.931. The smallest absolute Gasteiger partial charge is 0.332 e. The molecule has 0 fully saturated rings. The summed E-state index contributed by atoms with van der Waals surface area (Å²) in [7, 11) is 0. The number of hydrogen-bond acceptors (Lipinski definition) is 3. The Morgan fingerprint density at radius 1 is 1.70 bits per heavy atom. The molecule has 0 saturated carbocycles. The van der Waals surface area contributed by atoms with Crippen LogP contribution in [0.15, 0.2) is 0 Å². The van der Waals surface area contributed by atoms with E-state index in [-0.39, 0.29) is 13.0 Å². The van der Waals surface area contributed by atoms with Gasteiger partial charge in [0.05, 0.1) is 0 Å². The molecule has 0 heterocycles. The zero-order valence-electron chi connectivity index (χ0n) is 5.28. The lowest BCUT2D eigenvalue weighted by Gasteiger charge is -2.02. The number of rotatable bonds is 5. The molecule has 3 N–H and O–H groups in total. The Labute approximate surface area is 57.7 Å². The van der Waals surface area contributed by atoms with Crippen LogP contribution >= 0.6 is 0 Å². The predicted molar refractivity (Wildman–Crippen MR) is 32.3 cm³/mol. The molecule has 0 aliphatic heterocycles. The van der Waals surface area contributed by atoms with Gasteiger partial charge in [-0.05, 0) is 0 Å². The first kappa shape index (κ1) is 8.90. The van der Waals surface area contributed by atoms with Crippen LogP contribution in [0, 0.1) is 0 Å². The van der Waals surface area contributed by atoms with Gasteiger partial charge in [-0.3, -0.25) is 4.79 Å². The fourth-order valence-electron chi connectivity index (χ4n) is 0.402. The highest BCUT2D eigenvalue weighted by atomic mass is 16.4. The minimum absolute atomic E-state index is 0.0358. The second kappa shape index (κ2) is 4.75. The Hall–Kier alpha value is -1.10. The Balaban J connectivity index is 3.30. The van der Waals surface area contributed by atoms with Gasteiger partial charge in [0.1, 0.15) is 0 Å². The van der Waals surface area contributed by atoms with Crippen LogP contribution < -0.4 is 5.32 Å². The van der Waals surface area contributed by atoms with Crippen molar-refractivity contribution in [2.75, 3.05) is 6.54 Å². The Morgan fingerprint density at radius 2 is 2.30 bits per heavy atom. The number of carbonyl (C=O) groups is 2. The van der Waals surface area contributed by atoms with E-state index in [4.69, 9.17) is 10.2 Å². The number of aliphatic hydroxyl groups excluding tert-OH is 1. The molecule has 5 nitrogen and oxygen atoms in total. The summed E-state index contributed by atoms with van der Waals surface area (Å²) in [6, 6.07) is 0. The van der Waals surface area contributed by atoms with Crippen molar-refractivity contribution in [1.29, 1.82) is 0 Å². The van der Waals surface area contributed by atoms with Crippen molar-refractivity contribution in [2.45, 2.75) is 12.5 Å². The highest BCUT2D eigenvalue weighted by Gasteiger charge is 2.10. The molecule has 1 atom stereocenters. The van der Waals surface area contributed by atoms with E-state index in [1.165, 1.54) is 0 Å². The van der Waals surface area contributed by atoms with E-state index in [0.717, 1.165) is 0 Å². The molecule has 0 aromatic carbocycles. The van der Waals surface area contributed by atoms with Crippen LogP contribution in [0.1, 0.15) is 6.42 Å². The van der Waals surface area contributed by atoms with Crippen molar-refractivity contribution < 1.29 is 19.8 Å². The molecule has 1 amide bonds. The van der Waals surface area contributed by atoms with E-state index in [0.29, 0.717) is 6.41 Å². The number of nitrogens with one attached hydrogen (secondary N) is 1. The maximum Gasteiger partial charge on any atom is 0.332 e. The highest BCUT2D eigenvalue weighted by molar-refractivity contribution is 5.71. The molecule has 0 aliphatic rings. The molecule has 0 unspecified atom stereocenters. The van der Waals surface area contributed by atoms with Crippen molar-refractivity contribution >= 4 is 12.4 Å². The molecule has 0 aromatic heterocycles. The SMILES string of the molecule is O=CNCC[C@H](O)C(=O)O. The summed E-state index contributed by atoms with van der Waals surface area (Å²) < 4.78 is 0. The summed E-state index contributed by atoms with van der Waals surface area (Å²) in [4.78, 5) is 19.5. The predicted octanol–water partition coefficient (Wildman–Crippen LogP) is -1.43. The van der Waals surface area contributed by atoms with Crippen LogP contribution in [-0.4, -0.2) is 35.2 Å². The van der Waals surface area contributed by atoms with Crippen LogP contribution in [0.25, 0.3) is 0 Å². The van der Waals surface area contributed by atoms with Crippen LogP contribution in [-0.2, 0) is 9.59 Å². The number of aliphatic carboxylic acids is 1. The van der Waals surface area contributed by atoms with Crippen molar-refractivity contribution in [1.82, 2.24) is 5.32 Å². The normalized spacial score (nSPS) is 12.1. The molecule has 0 aliphatic carbocycles. The fourth-order valence-corrected chi connectivity index (χ4v) is 0.402. The number of carboxylic acids is 1.